The van der Waals surface area contributed by atoms with Crippen LogP contribution in [0.1, 0.15) is 13.3 Å². The molecule has 0 fully saturated rings. The Kier molecular flexibility index (Phi) is 14.9. The SMILES string of the molecule is COC(=O)/C=C/C(=O)OCCOCCOCCOC(=O)C[C@H](C[N+](C)(C)C)OC(C)=O. The van der Waals surface area contributed by atoms with Gasteiger partial charge < -0.3 is 32.9 Å². The Morgan fingerprint density at radius 2 is 1.32 bits per heavy atom. The van der Waals surface area contributed by atoms with E-state index < -0.39 is 30.0 Å². The van der Waals surface area contributed by atoms with Gasteiger partial charge in [0.25, 0.3) is 0 Å². The Morgan fingerprint density at radius 3 is 1.84 bits per heavy atom. The van der Waals surface area contributed by atoms with E-state index in [1.165, 1.54) is 14.0 Å². The normalized spacial score (nSPS) is 12.3. The topological polar surface area (TPSA) is 124 Å². The predicted molar refractivity (Wildman–Crippen MR) is 108 cm³/mol. The molecule has 11 nitrogen and oxygen atoms in total. The average Bonchev–Trinajstić information content (AvgIpc) is 2.65. The van der Waals surface area contributed by atoms with Crippen molar-refractivity contribution in [2.24, 2.45) is 0 Å². The van der Waals surface area contributed by atoms with Crippen molar-refractivity contribution in [3.05, 3.63) is 12.2 Å². The van der Waals surface area contributed by atoms with Crippen LogP contribution in [-0.4, -0.2) is 109 Å². The molecule has 0 rings (SSSR count). The first-order valence-corrected chi connectivity index (χ1v) is 9.75. The van der Waals surface area contributed by atoms with Crippen LogP contribution in [0.15, 0.2) is 12.2 Å². The molecule has 0 aromatic rings. The van der Waals surface area contributed by atoms with Crippen molar-refractivity contribution in [2.45, 2.75) is 19.4 Å². The van der Waals surface area contributed by atoms with Gasteiger partial charge in [0.05, 0.1) is 61.1 Å². The van der Waals surface area contributed by atoms with E-state index in [2.05, 4.69) is 4.74 Å². The van der Waals surface area contributed by atoms with Crippen molar-refractivity contribution in [2.75, 3.05) is 74.4 Å². The Bertz CT molecular complexity index is 597. The quantitative estimate of drug-likeness (QED) is 0.104. The van der Waals surface area contributed by atoms with Gasteiger partial charge in [-0.1, -0.05) is 0 Å². The maximum Gasteiger partial charge on any atom is 0.331 e. The lowest BCUT2D eigenvalue weighted by atomic mass is 10.2. The highest BCUT2D eigenvalue weighted by Crippen LogP contribution is 2.06. The van der Waals surface area contributed by atoms with Crippen LogP contribution in [-0.2, 0) is 47.6 Å². The number of carbonyl (C=O) groups is 4. The van der Waals surface area contributed by atoms with Crippen molar-refractivity contribution in [3.63, 3.8) is 0 Å². The molecule has 0 saturated heterocycles. The number of quaternary nitrogens is 1. The summed E-state index contributed by atoms with van der Waals surface area (Å²) in [5.41, 5.74) is 0. The Balaban J connectivity index is 3.76. The lowest BCUT2D eigenvalue weighted by Gasteiger charge is -2.28. The van der Waals surface area contributed by atoms with Crippen LogP contribution in [0.4, 0.5) is 0 Å². The zero-order valence-corrected chi connectivity index (χ0v) is 18.9. The molecule has 0 radical (unpaired) electrons. The zero-order valence-electron chi connectivity index (χ0n) is 18.9. The van der Waals surface area contributed by atoms with E-state index in [1.807, 2.05) is 21.1 Å². The van der Waals surface area contributed by atoms with Crippen molar-refractivity contribution < 1.29 is 52.1 Å². The first-order chi connectivity index (χ1) is 14.5. The monoisotopic (exact) mass is 448 g/mol. The molecule has 0 aromatic carbocycles. The van der Waals surface area contributed by atoms with E-state index in [-0.39, 0.29) is 46.1 Å². The summed E-state index contributed by atoms with van der Waals surface area (Å²) in [5, 5.41) is 0. The molecule has 0 saturated carbocycles. The van der Waals surface area contributed by atoms with E-state index in [9.17, 15) is 19.2 Å². The number of hydrogen-bond acceptors (Lipinski definition) is 10. The number of carbonyl (C=O) groups excluding carboxylic acids is 4. The standard InChI is InChI=1S/C20H34NO10/c1-16(22)31-17(15-21(2,3)4)14-20(25)30-13-11-28-9-8-27-10-12-29-19(24)7-6-18(23)26-5/h6-7,17H,8-15H2,1-5H3/q+1/b7-6+/t17-/m1/s1. The predicted octanol–water partition coefficient (Wildman–Crippen LogP) is -0.137. The van der Waals surface area contributed by atoms with Crippen molar-refractivity contribution in [3.8, 4) is 0 Å². The summed E-state index contributed by atoms with van der Waals surface area (Å²) < 4.78 is 30.4. The number of ether oxygens (including phenoxy) is 6. The lowest BCUT2D eigenvalue weighted by molar-refractivity contribution is -0.873. The van der Waals surface area contributed by atoms with Crippen LogP contribution < -0.4 is 0 Å². The summed E-state index contributed by atoms with van der Waals surface area (Å²) in [7, 11) is 7.00. The maximum atomic E-state index is 11.9. The van der Waals surface area contributed by atoms with E-state index in [0.29, 0.717) is 11.0 Å². The van der Waals surface area contributed by atoms with Crippen LogP contribution in [0.25, 0.3) is 0 Å². The summed E-state index contributed by atoms with van der Waals surface area (Å²) >= 11 is 0. The first-order valence-electron chi connectivity index (χ1n) is 9.75. The van der Waals surface area contributed by atoms with Crippen LogP contribution in [0.2, 0.25) is 0 Å². The highest BCUT2D eigenvalue weighted by Gasteiger charge is 2.24. The minimum absolute atomic E-state index is 0.0221. The summed E-state index contributed by atoms with van der Waals surface area (Å²) in [6.07, 6.45) is 1.35. The second-order valence-corrected chi connectivity index (χ2v) is 7.38. The van der Waals surface area contributed by atoms with Crippen LogP contribution in [0, 0.1) is 0 Å². The molecule has 0 aliphatic heterocycles. The molecule has 31 heavy (non-hydrogen) atoms. The zero-order chi connectivity index (χ0) is 23.7. The van der Waals surface area contributed by atoms with E-state index in [0.717, 1.165) is 12.2 Å². The molecular formula is C20H34NO10+. The molecule has 1 atom stereocenters. The molecular weight excluding hydrogens is 414 g/mol. The van der Waals surface area contributed by atoms with Gasteiger partial charge in [-0.05, 0) is 0 Å². The lowest BCUT2D eigenvalue weighted by Crippen LogP contribution is -2.43. The number of likely N-dealkylation sites (N-methyl/N-ethyl adjacent to an activating group) is 1. The van der Waals surface area contributed by atoms with Gasteiger partial charge >= 0.3 is 23.9 Å². The number of nitrogens with zero attached hydrogens (tertiary/aromatic N) is 1. The fourth-order valence-electron chi connectivity index (χ4n) is 2.22. The Morgan fingerprint density at radius 1 is 0.806 bits per heavy atom. The summed E-state index contributed by atoms with van der Waals surface area (Å²) in [6, 6.07) is 0. The largest absolute Gasteiger partial charge is 0.466 e. The third-order valence-corrected chi connectivity index (χ3v) is 3.37. The van der Waals surface area contributed by atoms with E-state index in [4.69, 9.17) is 23.7 Å². The third kappa shape index (κ3) is 19.2. The van der Waals surface area contributed by atoms with Gasteiger partial charge in [-0.15, -0.1) is 0 Å². The van der Waals surface area contributed by atoms with Gasteiger partial charge in [0.2, 0.25) is 0 Å². The molecule has 0 heterocycles. The molecule has 0 aromatic heterocycles. The van der Waals surface area contributed by atoms with Gasteiger partial charge in [0.1, 0.15) is 19.8 Å². The number of methoxy groups -OCH3 is 1. The summed E-state index contributed by atoms with van der Waals surface area (Å²) in [6.45, 7) is 2.77. The Labute approximate surface area is 182 Å². The first kappa shape index (κ1) is 28.5. The number of esters is 4. The molecule has 0 bridgehead atoms. The molecule has 11 heteroatoms. The third-order valence-electron chi connectivity index (χ3n) is 3.37. The van der Waals surface area contributed by atoms with Gasteiger partial charge in [0.15, 0.2) is 6.10 Å². The number of hydrogen-bond donors (Lipinski definition) is 0. The van der Waals surface area contributed by atoms with Crippen molar-refractivity contribution in [1.29, 1.82) is 0 Å². The fourth-order valence-corrected chi connectivity index (χ4v) is 2.22. The maximum absolute atomic E-state index is 11.9. The van der Waals surface area contributed by atoms with Crippen LogP contribution in [0.3, 0.4) is 0 Å². The highest BCUT2D eigenvalue weighted by molar-refractivity contribution is 5.91. The van der Waals surface area contributed by atoms with E-state index >= 15 is 0 Å². The molecule has 0 spiro atoms. The van der Waals surface area contributed by atoms with Crippen LogP contribution in [0.5, 0.6) is 0 Å². The summed E-state index contributed by atoms with van der Waals surface area (Å²) in [5.74, 6) is -2.24. The van der Waals surface area contributed by atoms with Crippen molar-refractivity contribution >= 4 is 23.9 Å². The number of rotatable bonds is 16. The fraction of sp³-hybridized carbons (Fsp3) is 0.700. The molecule has 0 amide bonds. The molecule has 0 unspecified atom stereocenters. The minimum Gasteiger partial charge on any atom is -0.466 e. The molecule has 0 aliphatic rings. The highest BCUT2D eigenvalue weighted by atomic mass is 16.6. The van der Waals surface area contributed by atoms with Crippen molar-refractivity contribution in [1.82, 2.24) is 0 Å². The van der Waals surface area contributed by atoms with Crippen LogP contribution >= 0.6 is 0 Å². The van der Waals surface area contributed by atoms with Gasteiger partial charge in [-0.25, -0.2) is 9.59 Å². The molecule has 0 N–H and O–H groups in total. The smallest absolute Gasteiger partial charge is 0.331 e. The van der Waals surface area contributed by atoms with Gasteiger partial charge in [-0.3, -0.25) is 9.59 Å². The van der Waals surface area contributed by atoms with Gasteiger partial charge in [-0.2, -0.15) is 0 Å². The average molecular weight is 448 g/mol. The van der Waals surface area contributed by atoms with Gasteiger partial charge in [0, 0.05) is 19.1 Å². The minimum atomic E-state index is -0.676. The second-order valence-electron chi connectivity index (χ2n) is 7.38. The van der Waals surface area contributed by atoms with E-state index in [1.54, 1.807) is 0 Å². The Hall–Kier alpha value is -2.50. The summed E-state index contributed by atoms with van der Waals surface area (Å²) in [4.78, 5) is 45.2. The second kappa shape index (κ2) is 16.2. The molecule has 178 valence electrons. The molecule has 0 aliphatic carbocycles.